The molecule has 0 fully saturated rings. The quantitative estimate of drug-likeness (QED) is 0.200. The summed E-state index contributed by atoms with van der Waals surface area (Å²) < 4.78 is 0. The molecule has 0 spiro atoms. The van der Waals surface area contributed by atoms with Crippen LogP contribution in [0.4, 0.5) is 0 Å². The summed E-state index contributed by atoms with van der Waals surface area (Å²) in [5, 5.41) is 10.4. The lowest BCUT2D eigenvalue weighted by molar-refractivity contribution is 0.607. The fourth-order valence-electron chi connectivity index (χ4n) is 6.47. The van der Waals surface area contributed by atoms with Crippen LogP contribution in [-0.2, 0) is 5.41 Å². The maximum absolute atomic E-state index is 9.41. The molecule has 4 heteroatoms. The SMILES string of the molecule is CC1(C)c2ccccc2Sc2ccc(-c3ccc(-c4nc(-c5cccc(-c6cccc(C#N)c6)c5)c5ccccc5n4)cc3)cc21. The second kappa shape index (κ2) is 11.1. The van der Waals surface area contributed by atoms with Crippen LogP contribution in [0.3, 0.4) is 0 Å². The van der Waals surface area contributed by atoms with E-state index in [0.29, 0.717) is 11.4 Å². The molecule has 6 aromatic carbocycles. The van der Waals surface area contributed by atoms with Gasteiger partial charge < -0.3 is 0 Å². The molecule has 0 bridgehead atoms. The number of para-hydroxylation sites is 1. The molecule has 0 N–H and O–H groups in total. The van der Waals surface area contributed by atoms with E-state index in [0.717, 1.165) is 38.9 Å². The van der Waals surface area contributed by atoms with Gasteiger partial charge in [-0.05, 0) is 75.8 Å². The van der Waals surface area contributed by atoms with E-state index in [-0.39, 0.29) is 5.41 Å². The molecule has 3 nitrogen and oxygen atoms in total. The zero-order valence-electron chi connectivity index (χ0n) is 25.5. The monoisotopic (exact) mass is 607 g/mol. The lowest BCUT2D eigenvalue weighted by Crippen LogP contribution is -2.23. The summed E-state index contributed by atoms with van der Waals surface area (Å²) >= 11 is 1.86. The van der Waals surface area contributed by atoms with Gasteiger partial charge in [0.25, 0.3) is 0 Å². The molecule has 0 radical (unpaired) electrons. The number of nitrogens with zero attached hydrogens (tertiary/aromatic N) is 3. The Hall–Kier alpha value is -5.50. The van der Waals surface area contributed by atoms with Crippen LogP contribution < -0.4 is 0 Å². The minimum absolute atomic E-state index is 0.0711. The zero-order chi connectivity index (χ0) is 31.3. The van der Waals surface area contributed by atoms with Crippen molar-refractivity contribution in [3.05, 3.63) is 156 Å². The third-order valence-electron chi connectivity index (χ3n) is 8.97. The first-order valence-corrected chi connectivity index (χ1v) is 16.2. The Balaban J connectivity index is 1.16. The molecule has 0 atom stereocenters. The molecule has 1 aliphatic heterocycles. The predicted molar refractivity (Wildman–Crippen MR) is 189 cm³/mol. The van der Waals surface area contributed by atoms with Crippen molar-refractivity contribution in [2.75, 3.05) is 0 Å². The van der Waals surface area contributed by atoms with Crippen molar-refractivity contribution < 1.29 is 0 Å². The molecule has 0 amide bonds. The summed E-state index contributed by atoms with van der Waals surface area (Å²) in [6, 6.07) is 50.7. The lowest BCUT2D eigenvalue weighted by Gasteiger charge is -2.34. The number of benzene rings is 6. The van der Waals surface area contributed by atoms with Crippen LogP contribution in [0.5, 0.6) is 0 Å². The van der Waals surface area contributed by atoms with E-state index in [1.807, 2.05) is 60.3 Å². The van der Waals surface area contributed by atoms with E-state index in [1.165, 1.54) is 32.0 Å². The van der Waals surface area contributed by atoms with Gasteiger partial charge in [-0.1, -0.05) is 123 Å². The topological polar surface area (TPSA) is 49.6 Å². The van der Waals surface area contributed by atoms with Gasteiger partial charge in [0, 0.05) is 31.7 Å². The van der Waals surface area contributed by atoms with Gasteiger partial charge in [0.2, 0.25) is 0 Å². The largest absolute Gasteiger partial charge is 0.228 e. The van der Waals surface area contributed by atoms with Crippen molar-refractivity contribution in [1.82, 2.24) is 9.97 Å². The highest BCUT2D eigenvalue weighted by molar-refractivity contribution is 7.99. The summed E-state index contributed by atoms with van der Waals surface area (Å²) in [4.78, 5) is 12.8. The molecule has 2 heterocycles. The van der Waals surface area contributed by atoms with Gasteiger partial charge in [-0.15, -0.1) is 0 Å². The third-order valence-corrected chi connectivity index (χ3v) is 10.1. The first-order valence-electron chi connectivity index (χ1n) is 15.4. The smallest absolute Gasteiger partial charge is 0.160 e. The van der Waals surface area contributed by atoms with Crippen molar-refractivity contribution in [1.29, 1.82) is 5.26 Å². The highest BCUT2D eigenvalue weighted by Crippen LogP contribution is 2.49. The highest BCUT2D eigenvalue weighted by Gasteiger charge is 2.33. The lowest BCUT2D eigenvalue weighted by atomic mass is 9.77. The summed E-state index contributed by atoms with van der Waals surface area (Å²) in [7, 11) is 0. The van der Waals surface area contributed by atoms with Gasteiger partial charge in [0.05, 0.1) is 22.8 Å². The van der Waals surface area contributed by atoms with Crippen LogP contribution in [-0.4, -0.2) is 9.97 Å². The second-order valence-electron chi connectivity index (χ2n) is 12.2. The van der Waals surface area contributed by atoms with Gasteiger partial charge in [-0.25, -0.2) is 9.97 Å². The van der Waals surface area contributed by atoms with Crippen molar-refractivity contribution in [2.45, 2.75) is 29.1 Å². The Morgan fingerprint density at radius 3 is 2.04 bits per heavy atom. The number of aromatic nitrogens is 2. The Morgan fingerprint density at radius 2 is 1.20 bits per heavy atom. The predicted octanol–water partition coefficient (Wildman–Crippen LogP) is 11.0. The number of rotatable bonds is 4. The molecule has 0 saturated heterocycles. The van der Waals surface area contributed by atoms with E-state index >= 15 is 0 Å². The number of nitriles is 1. The Labute approximate surface area is 273 Å². The maximum Gasteiger partial charge on any atom is 0.160 e. The van der Waals surface area contributed by atoms with Crippen LogP contribution in [0.15, 0.2) is 149 Å². The average molecular weight is 608 g/mol. The molecule has 46 heavy (non-hydrogen) atoms. The van der Waals surface area contributed by atoms with Crippen LogP contribution >= 0.6 is 11.8 Å². The molecule has 0 aliphatic carbocycles. The van der Waals surface area contributed by atoms with Crippen molar-refractivity contribution in [3.8, 4) is 51.0 Å². The third kappa shape index (κ3) is 4.86. The van der Waals surface area contributed by atoms with E-state index in [2.05, 4.69) is 111 Å². The van der Waals surface area contributed by atoms with Crippen LogP contribution in [0, 0.1) is 11.3 Å². The van der Waals surface area contributed by atoms with Crippen LogP contribution in [0.2, 0.25) is 0 Å². The standard InChI is InChI=1S/C42H29N3S/c1-42(2)35-14-4-6-16-38(35)46-39-22-21-32(25-36(39)42)28-17-19-29(20-18-28)41-44-37-15-5-3-13-34(37)40(45-41)33-12-8-11-31(24-33)30-10-7-9-27(23-30)26-43/h3-25H,1-2H3. The van der Waals surface area contributed by atoms with Crippen LogP contribution in [0.1, 0.15) is 30.5 Å². The summed E-state index contributed by atoms with van der Waals surface area (Å²) in [5.74, 6) is 0.691. The molecule has 7 aromatic rings. The molecular weight excluding hydrogens is 579 g/mol. The molecule has 0 saturated carbocycles. The van der Waals surface area contributed by atoms with E-state index in [4.69, 9.17) is 9.97 Å². The molecule has 8 rings (SSSR count). The fourth-order valence-corrected chi connectivity index (χ4v) is 7.85. The van der Waals surface area contributed by atoms with Crippen molar-refractivity contribution in [2.24, 2.45) is 0 Å². The fraction of sp³-hybridized carbons (Fsp3) is 0.0714. The Kier molecular flexibility index (Phi) is 6.78. The second-order valence-corrected chi connectivity index (χ2v) is 13.3. The van der Waals surface area contributed by atoms with Gasteiger partial charge in [0.1, 0.15) is 0 Å². The first kappa shape index (κ1) is 28.0. The molecule has 1 aromatic heterocycles. The van der Waals surface area contributed by atoms with E-state index in [9.17, 15) is 5.26 Å². The Morgan fingerprint density at radius 1 is 0.543 bits per heavy atom. The van der Waals surface area contributed by atoms with Crippen molar-refractivity contribution >= 4 is 22.7 Å². The van der Waals surface area contributed by atoms with Gasteiger partial charge >= 0.3 is 0 Å². The highest BCUT2D eigenvalue weighted by atomic mass is 32.2. The number of hydrogen-bond acceptors (Lipinski definition) is 4. The summed E-state index contributed by atoms with van der Waals surface area (Å²) in [6.07, 6.45) is 0. The van der Waals surface area contributed by atoms with Gasteiger partial charge in [-0.3, -0.25) is 0 Å². The first-order chi connectivity index (χ1) is 22.5. The zero-order valence-corrected chi connectivity index (χ0v) is 26.3. The molecular formula is C42H29N3S. The molecule has 218 valence electrons. The van der Waals surface area contributed by atoms with E-state index < -0.39 is 0 Å². The van der Waals surface area contributed by atoms with Crippen LogP contribution in [0.25, 0.3) is 55.8 Å². The van der Waals surface area contributed by atoms with Gasteiger partial charge in [0.15, 0.2) is 5.82 Å². The minimum atomic E-state index is -0.0711. The molecule has 0 unspecified atom stereocenters. The minimum Gasteiger partial charge on any atom is -0.228 e. The Bertz CT molecular complexity index is 2330. The van der Waals surface area contributed by atoms with E-state index in [1.54, 1.807) is 0 Å². The summed E-state index contributed by atoms with van der Waals surface area (Å²) in [5.41, 5.74) is 11.5. The summed E-state index contributed by atoms with van der Waals surface area (Å²) in [6.45, 7) is 4.65. The van der Waals surface area contributed by atoms with Crippen molar-refractivity contribution in [3.63, 3.8) is 0 Å². The normalized spacial score (nSPS) is 13.1. The van der Waals surface area contributed by atoms with Gasteiger partial charge in [-0.2, -0.15) is 5.26 Å². The average Bonchev–Trinajstić information content (AvgIpc) is 3.11. The number of fused-ring (bicyclic) bond motifs is 3. The molecule has 1 aliphatic rings. The number of hydrogen-bond donors (Lipinski definition) is 0. The maximum atomic E-state index is 9.41.